The molecular formula is C12H15N3O2. The van der Waals surface area contributed by atoms with Crippen LogP contribution in [0, 0.1) is 6.92 Å². The lowest BCUT2D eigenvalue weighted by molar-refractivity contribution is 0.124. The van der Waals surface area contributed by atoms with E-state index in [0.29, 0.717) is 6.61 Å². The van der Waals surface area contributed by atoms with Gasteiger partial charge in [0, 0.05) is 18.9 Å². The molecule has 1 heterocycles. The molecule has 0 aliphatic heterocycles. The van der Waals surface area contributed by atoms with Crippen molar-refractivity contribution in [3.63, 3.8) is 0 Å². The van der Waals surface area contributed by atoms with Gasteiger partial charge in [0.1, 0.15) is 0 Å². The Hall–Kier alpha value is -1.85. The molecule has 2 aromatic rings. The van der Waals surface area contributed by atoms with Crippen molar-refractivity contribution in [3.8, 4) is 5.69 Å². The molecule has 2 N–H and O–H groups in total. The normalized spacial score (nSPS) is 10.8. The first-order chi connectivity index (χ1) is 8.13. The zero-order valence-electron chi connectivity index (χ0n) is 9.88. The van der Waals surface area contributed by atoms with E-state index in [2.05, 4.69) is 4.84 Å². The van der Waals surface area contributed by atoms with E-state index in [9.17, 15) is 4.79 Å². The van der Waals surface area contributed by atoms with Gasteiger partial charge in [0.25, 0.3) is 0 Å². The van der Waals surface area contributed by atoms with E-state index in [1.165, 1.54) is 0 Å². The number of imidazole rings is 1. The molecule has 0 atom stereocenters. The largest absolute Gasteiger partial charge is 0.332 e. The molecule has 0 bridgehead atoms. The van der Waals surface area contributed by atoms with Crippen LogP contribution in [0.25, 0.3) is 5.69 Å². The second-order valence-corrected chi connectivity index (χ2v) is 3.98. The molecule has 0 radical (unpaired) electrons. The van der Waals surface area contributed by atoms with Crippen molar-refractivity contribution in [1.82, 2.24) is 9.13 Å². The van der Waals surface area contributed by atoms with E-state index in [1.807, 2.05) is 31.2 Å². The van der Waals surface area contributed by atoms with Crippen molar-refractivity contribution >= 4 is 0 Å². The van der Waals surface area contributed by atoms with Gasteiger partial charge in [-0.25, -0.2) is 10.7 Å². The smallest absolute Gasteiger partial charge is 0.302 e. The molecule has 1 aromatic heterocycles. The predicted molar refractivity (Wildman–Crippen MR) is 64.7 cm³/mol. The number of rotatable bonds is 3. The summed E-state index contributed by atoms with van der Waals surface area (Å²) in [6.45, 7) is 2.27. The van der Waals surface area contributed by atoms with Gasteiger partial charge >= 0.3 is 5.69 Å². The predicted octanol–water partition coefficient (Wildman–Crippen LogP) is 0.875. The van der Waals surface area contributed by atoms with Crippen LogP contribution in [-0.4, -0.2) is 9.13 Å². The Labute approximate surface area is 99.0 Å². The topological polar surface area (TPSA) is 62.2 Å². The quantitative estimate of drug-likeness (QED) is 0.800. The van der Waals surface area contributed by atoms with Crippen LogP contribution in [0.4, 0.5) is 0 Å². The molecule has 2 rings (SSSR count). The fourth-order valence-electron chi connectivity index (χ4n) is 1.85. The molecule has 0 spiro atoms. The van der Waals surface area contributed by atoms with Gasteiger partial charge in [0.2, 0.25) is 0 Å². The zero-order chi connectivity index (χ0) is 12.4. The first-order valence-electron chi connectivity index (χ1n) is 5.29. The van der Waals surface area contributed by atoms with Crippen molar-refractivity contribution in [1.29, 1.82) is 0 Å². The van der Waals surface area contributed by atoms with Crippen molar-refractivity contribution < 1.29 is 4.84 Å². The Morgan fingerprint density at radius 2 is 1.94 bits per heavy atom. The lowest BCUT2D eigenvalue weighted by Gasteiger charge is -2.05. The number of aryl methyl sites for hydroxylation is 2. The maximum absolute atomic E-state index is 11.9. The van der Waals surface area contributed by atoms with Gasteiger partial charge in [-0.3, -0.25) is 9.40 Å². The van der Waals surface area contributed by atoms with Gasteiger partial charge in [-0.05, 0) is 24.6 Å². The molecule has 5 nitrogen and oxygen atoms in total. The molecule has 0 aliphatic rings. The van der Waals surface area contributed by atoms with Crippen molar-refractivity contribution in [3.05, 3.63) is 52.2 Å². The number of nitrogens with zero attached hydrogens (tertiary/aromatic N) is 2. The number of hydrogen-bond donors (Lipinski definition) is 1. The highest BCUT2D eigenvalue weighted by molar-refractivity contribution is 5.36. The Bertz CT molecular complexity index is 566. The maximum atomic E-state index is 11.9. The van der Waals surface area contributed by atoms with E-state index in [-0.39, 0.29) is 5.69 Å². The third-order valence-electron chi connectivity index (χ3n) is 2.67. The molecule has 0 unspecified atom stereocenters. The lowest BCUT2D eigenvalue weighted by Crippen LogP contribution is -2.21. The molecule has 0 fully saturated rings. The monoisotopic (exact) mass is 233 g/mol. The van der Waals surface area contributed by atoms with Gasteiger partial charge < -0.3 is 4.57 Å². The minimum Gasteiger partial charge on any atom is -0.302 e. The Balaban J connectivity index is 2.43. The first-order valence-corrected chi connectivity index (χ1v) is 5.29. The lowest BCUT2D eigenvalue weighted by atomic mass is 10.2. The fourth-order valence-corrected chi connectivity index (χ4v) is 1.85. The number of hydrogen-bond acceptors (Lipinski definition) is 3. The highest BCUT2D eigenvalue weighted by Gasteiger charge is 2.07. The summed E-state index contributed by atoms with van der Waals surface area (Å²) >= 11 is 0. The summed E-state index contributed by atoms with van der Waals surface area (Å²) in [5.41, 5.74) is 2.66. The van der Waals surface area contributed by atoms with Crippen molar-refractivity contribution in [2.24, 2.45) is 12.9 Å². The van der Waals surface area contributed by atoms with Crippen LogP contribution in [-0.2, 0) is 18.5 Å². The highest BCUT2D eigenvalue weighted by Crippen LogP contribution is 2.10. The van der Waals surface area contributed by atoms with E-state index >= 15 is 0 Å². The summed E-state index contributed by atoms with van der Waals surface area (Å²) in [5.74, 6) is 5.00. The summed E-state index contributed by atoms with van der Waals surface area (Å²) < 4.78 is 3.22. The van der Waals surface area contributed by atoms with Crippen LogP contribution in [0.2, 0.25) is 0 Å². The number of benzene rings is 1. The average molecular weight is 233 g/mol. The minimum atomic E-state index is -0.0506. The van der Waals surface area contributed by atoms with Crippen LogP contribution in [0.1, 0.15) is 11.3 Å². The summed E-state index contributed by atoms with van der Waals surface area (Å²) in [5, 5.41) is 0. The summed E-state index contributed by atoms with van der Waals surface area (Å²) in [7, 11) is 1.74. The Morgan fingerprint density at radius 1 is 1.29 bits per heavy atom. The van der Waals surface area contributed by atoms with Crippen molar-refractivity contribution in [2.75, 3.05) is 0 Å². The average Bonchev–Trinajstić information content (AvgIpc) is 2.55. The van der Waals surface area contributed by atoms with Crippen LogP contribution in [0.3, 0.4) is 0 Å². The van der Waals surface area contributed by atoms with Crippen LogP contribution < -0.4 is 11.6 Å². The van der Waals surface area contributed by atoms with Gasteiger partial charge in [-0.15, -0.1) is 0 Å². The highest BCUT2D eigenvalue weighted by atomic mass is 16.6. The van der Waals surface area contributed by atoms with Crippen LogP contribution in [0.15, 0.2) is 35.3 Å². The molecule has 5 heteroatoms. The molecule has 1 aromatic carbocycles. The SMILES string of the molecule is Cc1cn(C)c(=O)n1-c1ccc(CON)cc1. The number of nitrogens with two attached hydrogens (primary N) is 1. The third kappa shape index (κ3) is 2.15. The second-order valence-electron chi connectivity index (χ2n) is 3.98. The maximum Gasteiger partial charge on any atom is 0.332 e. The molecule has 90 valence electrons. The van der Waals surface area contributed by atoms with Crippen LogP contribution >= 0.6 is 0 Å². The van der Waals surface area contributed by atoms with Gasteiger partial charge in [0.15, 0.2) is 0 Å². The number of aromatic nitrogens is 2. The van der Waals surface area contributed by atoms with E-state index in [4.69, 9.17) is 5.90 Å². The van der Waals surface area contributed by atoms with E-state index < -0.39 is 0 Å². The summed E-state index contributed by atoms with van der Waals surface area (Å²) in [4.78, 5) is 16.4. The molecule has 0 saturated heterocycles. The zero-order valence-corrected chi connectivity index (χ0v) is 9.88. The fraction of sp³-hybridized carbons (Fsp3) is 0.250. The molecular weight excluding hydrogens is 218 g/mol. The van der Waals surface area contributed by atoms with Gasteiger partial charge in [-0.2, -0.15) is 0 Å². The van der Waals surface area contributed by atoms with E-state index in [1.54, 1.807) is 22.4 Å². The Morgan fingerprint density at radius 3 is 2.41 bits per heavy atom. The summed E-state index contributed by atoms with van der Waals surface area (Å²) in [6.07, 6.45) is 1.80. The molecule has 0 saturated carbocycles. The van der Waals surface area contributed by atoms with E-state index in [0.717, 1.165) is 16.9 Å². The summed E-state index contributed by atoms with van der Waals surface area (Å²) in [6, 6.07) is 7.54. The van der Waals surface area contributed by atoms with Crippen molar-refractivity contribution in [2.45, 2.75) is 13.5 Å². The molecule has 0 aliphatic carbocycles. The standard InChI is InChI=1S/C12H15N3O2/c1-9-7-14(2)12(16)15(9)11-5-3-10(4-6-11)8-17-13/h3-7H,8,13H2,1-2H3. The first kappa shape index (κ1) is 11.6. The van der Waals surface area contributed by atoms with Gasteiger partial charge in [0.05, 0.1) is 12.3 Å². The molecule has 0 amide bonds. The van der Waals surface area contributed by atoms with Crippen LogP contribution in [0.5, 0.6) is 0 Å². The Kier molecular flexibility index (Phi) is 3.12. The molecule has 17 heavy (non-hydrogen) atoms. The second kappa shape index (κ2) is 4.57. The minimum absolute atomic E-state index is 0.0506. The third-order valence-corrected chi connectivity index (χ3v) is 2.67. The van der Waals surface area contributed by atoms with Gasteiger partial charge in [-0.1, -0.05) is 12.1 Å².